The molecular weight excluding hydrogens is 300 g/mol. The molecule has 0 radical (unpaired) electrons. The molecule has 0 aliphatic rings. The van der Waals surface area contributed by atoms with Crippen LogP contribution in [0.25, 0.3) is 0 Å². The SMILES string of the molecule is CC(C)CC(=O)N(CCC(=O)NC(C)c1ccccc1)CC(C)C. The predicted molar refractivity (Wildman–Crippen MR) is 98.5 cm³/mol. The van der Waals surface area contributed by atoms with Crippen LogP contribution in [0.5, 0.6) is 0 Å². The van der Waals surface area contributed by atoms with Gasteiger partial charge in [0, 0.05) is 25.9 Å². The first-order chi connectivity index (χ1) is 11.3. The Morgan fingerprint density at radius 2 is 1.62 bits per heavy atom. The van der Waals surface area contributed by atoms with Gasteiger partial charge in [-0.15, -0.1) is 0 Å². The standard InChI is InChI=1S/C20H32N2O2/c1-15(2)13-20(24)22(14-16(3)4)12-11-19(23)21-17(5)18-9-7-6-8-10-18/h6-10,15-17H,11-14H2,1-5H3,(H,21,23). The van der Waals surface area contributed by atoms with Gasteiger partial charge in [-0.1, -0.05) is 58.0 Å². The van der Waals surface area contributed by atoms with Crippen LogP contribution in [0.4, 0.5) is 0 Å². The fourth-order valence-electron chi connectivity index (χ4n) is 2.61. The van der Waals surface area contributed by atoms with Gasteiger partial charge in [-0.3, -0.25) is 9.59 Å². The number of benzene rings is 1. The molecule has 0 heterocycles. The van der Waals surface area contributed by atoms with Crippen molar-refractivity contribution < 1.29 is 9.59 Å². The van der Waals surface area contributed by atoms with E-state index >= 15 is 0 Å². The predicted octanol–water partition coefficient (Wildman–Crippen LogP) is 3.78. The Labute approximate surface area is 146 Å². The summed E-state index contributed by atoms with van der Waals surface area (Å²) in [7, 11) is 0. The molecule has 1 N–H and O–H groups in total. The summed E-state index contributed by atoms with van der Waals surface area (Å²) in [6, 6.07) is 9.87. The summed E-state index contributed by atoms with van der Waals surface area (Å²) in [6.07, 6.45) is 0.877. The summed E-state index contributed by atoms with van der Waals surface area (Å²) in [5.74, 6) is 0.853. The van der Waals surface area contributed by atoms with Gasteiger partial charge < -0.3 is 10.2 Å². The van der Waals surface area contributed by atoms with E-state index < -0.39 is 0 Å². The van der Waals surface area contributed by atoms with Gasteiger partial charge in [0.15, 0.2) is 0 Å². The van der Waals surface area contributed by atoms with E-state index in [1.165, 1.54) is 0 Å². The van der Waals surface area contributed by atoms with Crippen molar-refractivity contribution >= 4 is 11.8 Å². The van der Waals surface area contributed by atoms with Crippen LogP contribution in [0.2, 0.25) is 0 Å². The third-order valence-corrected chi connectivity index (χ3v) is 3.81. The van der Waals surface area contributed by atoms with Crippen LogP contribution in [0.1, 0.15) is 59.1 Å². The summed E-state index contributed by atoms with van der Waals surface area (Å²) in [5.41, 5.74) is 1.08. The van der Waals surface area contributed by atoms with E-state index in [4.69, 9.17) is 0 Å². The molecule has 0 fully saturated rings. The minimum absolute atomic E-state index is 0.0162. The van der Waals surface area contributed by atoms with E-state index in [9.17, 15) is 9.59 Å². The van der Waals surface area contributed by atoms with Crippen molar-refractivity contribution in [3.05, 3.63) is 35.9 Å². The second-order valence-corrected chi connectivity index (χ2v) is 7.28. The number of rotatable bonds is 9. The lowest BCUT2D eigenvalue weighted by Gasteiger charge is -2.25. The zero-order valence-corrected chi connectivity index (χ0v) is 15.7. The third kappa shape index (κ3) is 7.62. The second-order valence-electron chi connectivity index (χ2n) is 7.28. The minimum atomic E-state index is -0.0244. The van der Waals surface area contributed by atoms with Gasteiger partial charge in [-0.25, -0.2) is 0 Å². The van der Waals surface area contributed by atoms with Crippen molar-refractivity contribution in [3.8, 4) is 0 Å². The largest absolute Gasteiger partial charge is 0.350 e. The highest BCUT2D eigenvalue weighted by Gasteiger charge is 2.18. The molecule has 134 valence electrons. The van der Waals surface area contributed by atoms with E-state index in [1.807, 2.05) is 56.0 Å². The molecule has 0 spiro atoms. The van der Waals surface area contributed by atoms with Crippen molar-refractivity contribution in [1.82, 2.24) is 10.2 Å². The normalized spacial score (nSPS) is 12.3. The van der Waals surface area contributed by atoms with Crippen LogP contribution in [0.15, 0.2) is 30.3 Å². The molecule has 2 amide bonds. The summed E-state index contributed by atoms with van der Waals surface area (Å²) in [6.45, 7) is 11.4. The average molecular weight is 332 g/mol. The van der Waals surface area contributed by atoms with Crippen LogP contribution < -0.4 is 5.32 Å². The first-order valence-corrected chi connectivity index (χ1v) is 8.91. The van der Waals surface area contributed by atoms with E-state index in [1.54, 1.807) is 0 Å². The molecule has 4 nitrogen and oxygen atoms in total. The monoisotopic (exact) mass is 332 g/mol. The van der Waals surface area contributed by atoms with Gasteiger partial charge >= 0.3 is 0 Å². The molecule has 0 aromatic heterocycles. The molecule has 1 atom stereocenters. The van der Waals surface area contributed by atoms with E-state index in [-0.39, 0.29) is 17.9 Å². The Bertz CT molecular complexity index is 512. The molecule has 1 unspecified atom stereocenters. The molecule has 0 aliphatic heterocycles. The Balaban J connectivity index is 2.52. The van der Waals surface area contributed by atoms with Crippen LogP contribution in [0, 0.1) is 11.8 Å². The lowest BCUT2D eigenvalue weighted by atomic mass is 10.1. The van der Waals surface area contributed by atoms with Gasteiger partial charge in [0.25, 0.3) is 0 Å². The van der Waals surface area contributed by atoms with Gasteiger partial charge in [0.2, 0.25) is 11.8 Å². The van der Waals surface area contributed by atoms with Crippen molar-refractivity contribution in [3.63, 3.8) is 0 Å². The van der Waals surface area contributed by atoms with Crippen molar-refractivity contribution in [1.29, 1.82) is 0 Å². The molecule has 0 saturated carbocycles. The molecule has 4 heteroatoms. The molecule has 1 aromatic carbocycles. The molecule has 24 heavy (non-hydrogen) atoms. The number of hydrogen-bond acceptors (Lipinski definition) is 2. The number of carbonyl (C=O) groups excluding carboxylic acids is 2. The van der Waals surface area contributed by atoms with Crippen molar-refractivity contribution in [2.24, 2.45) is 11.8 Å². The van der Waals surface area contributed by atoms with Crippen molar-refractivity contribution in [2.45, 2.75) is 53.5 Å². The minimum Gasteiger partial charge on any atom is -0.350 e. The lowest BCUT2D eigenvalue weighted by Crippen LogP contribution is -2.38. The number of nitrogens with zero attached hydrogens (tertiary/aromatic N) is 1. The average Bonchev–Trinajstić information content (AvgIpc) is 2.51. The highest BCUT2D eigenvalue weighted by molar-refractivity contribution is 5.79. The maximum absolute atomic E-state index is 12.3. The zero-order chi connectivity index (χ0) is 18.1. The molecule has 0 saturated heterocycles. The zero-order valence-electron chi connectivity index (χ0n) is 15.7. The smallest absolute Gasteiger partial charge is 0.222 e. The van der Waals surface area contributed by atoms with Crippen LogP contribution >= 0.6 is 0 Å². The Kier molecular flexibility index (Phi) is 8.51. The van der Waals surface area contributed by atoms with Gasteiger partial charge in [-0.2, -0.15) is 0 Å². The van der Waals surface area contributed by atoms with Gasteiger partial charge in [-0.05, 0) is 24.3 Å². The van der Waals surface area contributed by atoms with E-state index in [0.717, 1.165) is 5.56 Å². The van der Waals surface area contributed by atoms with Gasteiger partial charge in [0.05, 0.1) is 6.04 Å². The van der Waals surface area contributed by atoms with Crippen molar-refractivity contribution in [2.75, 3.05) is 13.1 Å². The van der Waals surface area contributed by atoms with E-state index in [0.29, 0.717) is 37.8 Å². The maximum atomic E-state index is 12.3. The van der Waals surface area contributed by atoms with E-state index in [2.05, 4.69) is 19.2 Å². The maximum Gasteiger partial charge on any atom is 0.222 e. The Morgan fingerprint density at radius 1 is 1.00 bits per heavy atom. The summed E-state index contributed by atoms with van der Waals surface area (Å²) < 4.78 is 0. The second kappa shape index (κ2) is 10.1. The fraction of sp³-hybridized carbons (Fsp3) is 0.600. The molecule has 1 rings (SSSR count). The van der Waals surface area contributed by atoms with Gasteiger partial charge in [0.1, 0.15) is 0 Å². The number of nitrogens with one attached hydrogen (secondary N) is 1. The molecule has 1 aromatic rings. The summed E-state index contributed by atoms with van der Waals surface area (Å²) in [5, 5.41) is 3.01. The highest BCUT2D eigenvalue weighted by Crippen LogP contribution is 2.12. The Hall–Kier alpha value is -1.84. The first-order valence-electron chi connectivity index (χ1n) is 8.91. The summed E-state index contributed by atoms with van der Waals surface area (Å²) >= 11 is 0. The quantitative estimate of drug-likeness (QED) is 0.748. The molecular formula is C20H32N2O2. The van der Waals surface area contributed by atoms with Crippen LogP contribution in [0.3, 0.4) is 0 Å². The Morgan fingerprint density at radius 3 is 2.17 bits per heavy atom. The number of hydrogen-bond donors (Lipinski definition) is 1. The number of amides is 2. The lowest BCUT2D eigenvalue weighted by molar-refractivity contribution is -0.133. The number of carbonyl (C=O) groups is 2. The van der Waals surface area contributed by atoms with Crippen LogP contribution in [-0.4, -0.2) is 29.8 Å². The molecule has 0 bridgehead atoms. The first kappa shape index (κ1) is 20.2. The topological polar surface area (TPSA) is 49.4 Å². The summed E-state index contributed by atoms with van der Waals surface area (Å²) in [4.78, 5) is 26.4. The van der Waals surface area contributed by atoms with Crippen LogP contribution in [-0.2, 0) is 9.59 Å². The molecule has 0 aliphatic carbocycles. The third-order valence-electron chi connectivity index (χ3n) is 3.81. The fourth-order valence-corrected chi connectivity index (χ4v) is 2.61. The highest BCUT2D eigenvalue weighted by atomic mass is 16.2.